The first-order chi connectivity index (χ1) is 5.49. The van der Waals surface area contributed by atoms with Gasteiger partial charge in [0.15, 0.2) is 0 Å². The number of hydrogen-bond donors (Lipinski definition) is 0. The molecule has 0 unspecified atom stereocenters. The zero-order valence-corrected chi connectivity index (χ0v) is 7.92. The molecule has 0 aliphatic carbocycles. The molecule has 0 N–H and O–H groups in total. The summed E-state index contributed by atoms with van der Waals surface area (Å²) in [6.07, 6.45) is 1.76. The summed E-state index contributed by atoms with van der Waals surface area (Å²) >= 11 is 0. The Balaban J connectivity index is 3.22. The lowest BCUT2D eigenvalue weighted by atomic mass is 9.87. The lowest BCUT2D eigenvalue weighted by molar-refractivity contribution is 0.671. The molecule has 0 fully saturated rings. The normalized spacial score (nSPS) is 11.2. The van der Waals surface area contributed by atoms with Gasteiger partial charge >= 0.3 is 0 Å². The van der Waals surface area contributed by atoms with Crippen molar-refractivity contribution in [3.63, 3.8) is 0 Å². The third kappa shape index (κ3) is 1.20. The lowest BCUT2D eigenvalue weighted by Gasteiger charge is -2.13. The highest BCUT2D eigenvalue weighted by atomic mass is 15.3. The number of nitrogens with zero attached hydrogens (tertiary/aromatic N) is 3. The first-order valence-corrected chi connectivity index (χ1v) is 3.89. The maximum absolute atomic E-state index is 8.89. The van der Waals surface area contributed by atoms with E-state index in [1.165, 1.54) is 0 Å². The maximum atomic E-state index is 8.89. The second-order valence-corrected chi connectivity index (χ2v) is 3.50. The van der Waals surface area contributed by atoms with Crippen LogP contribution in [0.1, 0.15) is 25.1 Å². The Morgan fingerprint density at radius 1 is 1.58 bits per heavy atom. The highest BCUT2D eigenvalue weighted by Gasteiger charge is 2.23. The van der Waals surface area contributed by atoms with Gasteiger partial charge in [-0.15, -0.1) is 0 Å². The monoisotopic (exact) mass is 163 g/mol. The number of rotatable bonds is 1. The van der Waals surface area contributed by atoms with Crippen LogP contribution in [0, 0.1) is 18.3 Å². The van der Waals surface area contributed by atoms with Crippen LogP contribution in [-0.2, 0) is 12.5 Å². The molecule has 0 aliphatic heterocycles. The third-order valence-corrected chi connectivity index (χ3v) is 2.19. The molecule has 0 amide bonds. The quantitative estimate of drug-likeness (QED) is 0.630. The van der Waals surface area contributed by atoms with Crippen molar-refractivity contribution in [2.75, 3.05) is 0 Å². The fourth-order valence-electron chi connectivity index (χ4n) is 1.17. The van der Waals surface area contributed by atoms with Crippen molar-refractivity contribution in [1.29, 1.82) is 5.26 Å². The van der Waals surface area contributed by atoms with E-state index in [9.17, 15) is 0 Å². The van der Waals surface area contributed by atoms with E-state index in [0.717, 1.165) is 11.3 Å². The summed E-state index contributed by atoms with van der Waals surface area (Å²) in [5, 5.41) is 13.0. The lowest BCUT2D eigenvalue weighted by Crippen LogP contribution is -2.14. The third-order valence-electron chi connectivity index (χ3n) is 2.19. The standard InChI is InChI=1S/C9H13N3/c1-7-8(5-11-12(7)4)9(2,3)6-10/h5H,1-4H3. The molecule has 1 rings (SSSR count). The van der Waals surface area contributed by atoms with Gasteiger partial charge in [-0.1, -0.05) is 0 Å². The van der Waals surface area contributed by atoms with Crippen molar-refractivity contribution in [2.24, 2.45) is 7.05 Å². The van der Waals surface area contributed by atoms with Crippen molar-refractivity contribution in [2.45, 2.75) is 26.2 Å². The van der Waals surface area contributed by atoms with Crippen molar-refractivity contribution >= 4 is 0 Å². The molecule has 3 heteroatoms. The van der Waals surface area contributed by atoms with Crippen molar-refractivity contribution in [3.05, 3.63) is 17.5 Å². The molecule has 0 bridgehead atoms. The zero-order chi connectivity index (χ0) is 9.35. The predicted molar refractivity (Wildman–Crippen MR) is 46.6 cm³/mol. The molecule has 0 aliphatic rings. The highest BCUT2D eigenvalue weighted by molar-refractivity contribution is 5.31. The molecule has 1 heterocycles. The van der Waals surface area contributed by atoms with Gasteiger partial charge in [0.05, 0.1) is 17.7 Å². The number of aryl methyl sites for hydroxylation is 1. The second-order valence-electron chi connectivity index (χ2n) is 3.50. The van der Waals surface area contributed by atoms with Crippen LogP contribution in [0.3, 0.4) is 0 Å². The van der Waals surface area contributed by atoms with Gasteiger partial charge in [0.25, 0.3) is 0 Å². The van der Waals surface area contributed by atoms with Gasteiger partial charge in [-0.2, -0.15) is 10.4 Å². The molecular formula is C9H13N3. The molecular weight excluding hydrogens is 150 g/mol. The zero-order valence-electron chi connectivity index (χ0n) is 7.92. The van der Waals surface area contributed by atoms with E-state index in [4.69, 9.17) is 5.26 Å². The van der Waals surface area contributed by atoms with Crippen LogP contribution in [0.4, 0.5) is 0 Å². The van der Waals surface area contributed by atoms with Crippen LogP contribution in [0.25, 0.3) is 0 Å². The van der Waals surface area contributed by atoms with E-state index in [0.29, 0.717) is 0 Å². The average Bonchev–Trinajstić information content (AvgIpc) is 2.33. The number of hydrogen-bond acceptors (Lipinski definition) is 2. The molecule has 64 valence electrons. The summed E-state index contributed by atoms with van der Waals surface area (Å²) < 4.78 is 1.79. The van der Waals surface area contributed by atoms with Gasteiger partial charge in [-0.25, -0.2) is 0 Å². The molecule has 0 spiro atoms. The first-order valence-electron chi connectivity index (χ1n) is 3.89. The Morgan fingerprint density at radius 2 is 2.17 bits per heavy atom. The average molecular weight is 163 g/mol. The molecule has 12 heavy (non-hydrogen) atoms. The SMILES string of the molecule is Cc1c(C(C)(C)C#N)cnn1C. The maximum Gasteiger partial charge on any atom is 0.0799 e. The minimum absolute atomic E-state index is 0.432. The number of aromatic nitrogens is 2. The van der Waals surface area contributed by atoms with E-state index in [-0.39, 0.29) is 0 Å². The summed E-state index contributed by atoms with van der Waals surface area (Å²) in [6.45, 7) is 5.77. The topological polar surface area (TPSA) is 41.6 Å². The summed E-state index contributed by atoms with van der Waals surface area (Å²) in [7, 11) is 1.88. The minimum Gasteiger partial charge on any atom is -0.273 e. The summed E-state index contributed by atoms with van der Waals surface area (Å²) in [5.74, 6) is 0. The predicted octanol–water partition coefficient (Wildman–Crippen LogP) is 1.53. The first kappa shape index (κ1) is 8.79. The molecule has 3 nitrogen and oxygen atoms in total. The van der Waals surface area contributed by atoms with Crippen molar-refractivity contribution < 1.29 is 0 Å². The Labute approximate surface area is 72.6 Å². The van der Waals surface area contributed by atoms with Gasteiger partial charge in [0, 0.05) is 18.3 Å². The number of nitriles is 1. The molecule has 0 aromatic carbocycles. The summed E-state index contributed by atoms with van der Waals surface area (Å²) in [4.78, 5) is 0. The molecule has 0 atom stereocenters. The smallest absolute Gasteiger partial charge is 0.0799 e. The Kier molecular flexibility index (Phi) is 1.93. The Morgan fingerprint density at radius 3 is 2.50 bits per heavy atom. The molecule has 0 saturated carbocycles. The van der Waals surface area contributed by atoms with E-state index in [1.54, 1.807) is 10.9 Å². The Bertz CT molecular complexity index is 328. The van der Waals surface area contributed by atoms with Gasteiger partial charge in [-0.05, 0) is 20.8 Å². The van der Waals surface area contributed by atoms with Crippen molar-refractivity contribution in [3.8, 4) is 6.07 Å². The van der Waals surface area contributed by atoms with Crippen LogP contribution in [0.15, 0.2) is 6.20 Å². The second kappa shape index (κ2) is 2.63. The molecule has 0 radical (unpaired) electrons. The van der Waals surface area contributed by atoms with Gasteiger partial charge in [0.1, 0.15) is 0 Å². The van der Waals surface area contributed by atoms with E-state index in [2.05, 4.69) is 11.2 Å². The van der Waals surface area contributed by atoms with Crippen LogP contribution >= 0.6 is 0 Å². The minimum atomic E-state index is -0.432. The van der Waals surface area contributed by atoms with Crippen LogP contribution in [0.5, 0.6) is 0 Å². The van der Waals surface area contributed by atoms with Crippen LogP contribution in [-0.4, -0.2) is 9.78 Å². The van der Waals surface area contributed by atoms with Gasteiger partial charge in [-0.3, -0.25) is 4.68 Å². The van der Waals surface area contributed by atoms with E-state index < -0.39 is 5.41 Å². The summed E-state index contributed by atoms with van der Waals surface area (Å²) in [6, 6.07) is 2.26. The van der Waals surface area contributed by atoms with Crippen molar-refractivity contribution in [1.82, 2.24) is 9.78 Å². The largest absolute Gasteiger partial charge is 0.273 e. The fraction of sp³-hybridized carbons (Fsp3) is 0.556. The van der Waals surface area contributed by atoms with Gasteiger partial charge in [0.2, 0.25) is 0 Å². The van der Waals surface area contributed by atoms with E-state index in [1.807, 2.05) is 27.8 Å². The van der Waals surface area contributed by atoms with E-state index >= 15 is 0 Å². The van der Waals surface area contributed by atoms with Crippen LogP contribution < -0.4 is 0 Å². The van der Waals surface area contributed by atoms with Crippen LogP contribution in [0.2, 0.25) is 0 Å². The summed E-state index contributed by atoms with van der Waals surface area (Å²) in [5.41, 5.74) is 1.63. The molecule has 1 aromatic heterocycles. The fourth-order valence-corrected chi connectivity index (χ4v) is 1.17. The highest BCUT2D eigenvalue weighted by Crippen LogP contribution is 2.24. The molecule has 1 aromatic rings. The Hall–Kier alpha value is -1.30. The van der Waals surface area contributed by atoms with Gasteiger partial charge < -0.3 is 0 Å². The molecule has 0 saturated heterocycles.